The van der Waals surface area contributed by atoms with E-state index in [1.54, 1.807) is 13.0 Å². The maximum Gasteiger partial charge on any atom is 0.336 e. The van der Waals surface area contributed by atoms with E-state index in [1.165, 1.54) is 6.07 Å². The molecule has 0 saturated heterocycles. The van der Waals surface area contributed by atoms with E-state index in [9.17, 15) is 19.5 Å². The lowest BCUT2D eigenvalue weighted by Gasteiger charge is -2.15. The molecule has 0 spiro atoms. The monoisotopic (exact) mass is 403 g/mol. The topological polar surface area (TPSA) is 106 Å². The number of rotatable bonds is 11. The van der Waals surface area contributed by atoms with Gasteiger partial charge in [0.25, 0.3) is 5.91 Å². The maximum atomic E-state index is 12.1. The van der Waals surface area contributed by atoms with Crippen LogP contribution in [0, 0.1) is 6.92 Å². The Morgan fingerprint density at radius 2 is 1.93 bits per heavy atom. The van der Waals surface area contributed by atoms with Crippen molar-refractivity contribution < 1.29 is 23.8 Å². The van der Waals surface area contributed by atoms with Crippen molar-refractivity contribution >= 4 is 22.8 Å². The van der Waals surface area contributed by atoms with Gasteiger partial charge in [-0.15, -0.1) is 0 Å². The van der Waals surface area contributed by atoms with Crippen molar-refractivity contribution in [1.82, 2.24) is 5.32 Å². The van der Waals surface area contributed by atoms with Gasteiger partial charge in [-0.05, 0) is 43.9 Å². The molecule has 0 saturated carbocycles. The number of benzene rings is 1. The van der Waals surface area contributed by atoms with Crippen molar-refractivity contribution in [1.29, 1.82) is 0 Å². The third kappa shape index (κ3) is 6.07. The van der Waals surface area contributed by atoms with Crippen molar-refractivity contribution in [3.63, 3.8) is 0 Å². The average Bonchev–Trinajstić information content (AvgIpc) is 2.69. The second kappa shape index (κ2) is 10.6. The molecule has 0 fully saturated rings. The molecule has 2 rings (SSSR count). The highest BCUT2D eigenvalue weighted by Gasteiger charge is 2.20. The number of carbonyl (C=O) groups is 2. The first-order valence-corrected chi connectivity index (χ1v) is 10.1. The number of nitrogens with one attached hydrogen (secondary N) is 1. The largest absolute Gasteiger partial charge is 0.483 e. The fourth-order valence-corrected chi connectivity index (χ4v) is 3.18. The molecule has 0 unspecified atom stereocenters. The van der Waals surface area contributed by atoms with Crippen LogP contribution in [0.15, 0.2) is 27.4 Å². The first-order valence-electron chi connectivity index (χ1n) is 10.1. The molecular formula is C22H29NO6. The fourth-order valence-electron chi connectivity index (χ4n) is 3.18. The Morgan fingerprint density at radius 3 is 2.59 bits per heavy atom. The van der Waals surface area contributed by atoms with Gasteiger partial charge in [0.2, 0.25) is 0 Å². The van der Waals surface area contributed by atoms with Gasteiger partial charge >= 0.3 is 11.6 Å². The summed E-state index contributed by atoms with van der Waals surface area (Å²) in [5, 5.41) is 12.6. The number of fused-ring (bicyclic) bond motifs is 1. The SMILES string of the molecule is CCCCc1cc(=O)oc2c(C)c(OCC(=O)N[C@@H](CCCC)C(=O)O)ccc12. The van der Waals surface area contributed by atoms with Crippen LogP contribution < -0.4 is 15.7 Å². The summed E-state index contributed by atoms with van der Waals surface area (Å²) in [5.41, 5.74) is 1.60. The Kier molecular flexibility index (Phi) is 8.24. The number of carboxylic acid groups (broad SMARTS) is 1. The Labute approximate surface area is 170 Å². The van der Waals surface area contributed by atoms with Crippen molar-refractivity contribution in [3.05, 3.63) is 39.7 Å². The molecule has 29 heavy (non-hydrogen) atoms. The van der Waals surface area contributed by atoms with E-state index in [4.69, 9.17) is 9.15 Å². The summed E-state index contributed by atoms with van der Waals surface area (Å²) in [4.78, 5) is 35.3. The van der Waals surface area contributed by atoms with Crippen LogP contribution in [0.25, 0.3) is 11.0 Å². The van der Waals surface area contributed by atoms with Crippen LogP contribution in [0.3, 0.4) is 0 Å². The molecule has 1 amide bonds. The molecule has 0 radical (unpaired) electrons. The van der Waals surface area contributed by atoms with Gasteiger partial charge in [0.1, 0.15) is 17.4 Å². The number of carboxylic acids is 1. The van der Waals surface area contributed by atoms with Gasteiger partial charge in [-0.3, -0.25) is 4.79 Å². The molecule has 0 bridgehead atoms. The average molecular weight is 403 g/mol. The van der Waals surface area contributed by atoms with Crippen molar-refractivity contribution in [2.24, 2.45) is 0 Å². The third-order valence-electron chi connectivity index (χ3n) is 4.83. The van der Waals surface area contributed by atoms with Crippen molar-refractivity contribution in [2.45, 2.75) is 65.3 Å². The van der Waals surface area contributed by atoms with Crippen LogP contribution in [-0.2, 0) is 16.0 Å². The molecule has 1 heterocycles. The van der Waals surface area contributed by atoms with Crippen LogP contribution in [0.5, 0.6) is 5.75 Å². The van der Waals surface area contributed by atoms with Gasteiger partial charge in [-0.1, -0.05) is 33.1 Å². The number of amides is 1. The van der Waals surface area contributed by atoms with Crippen LogP contribution in [0.1, 0.15) is 57.1 Å². The molecule has 1 atom stereocenters. The number of hydrogen-bond donors (Lipinski definition) is 2. The van der Waals surface area contributed by atoms with Gasteiger partial charge in [0.15, 0.2) is 6.61 Å². The molecule has 158 valence electrons. The lowest BCUT2D eigenvalue weighted by molar-refractivity contribution is -0.142. The second-order valence-electron chi connectivity index (χ2n) is 7.15. The highest BCUT2D eigenvalue weighted by molar-refractivity contribution is 5.86. The predicted octanol–water partition coefficient (Wildman–Crippen LogP) is 3.58. The quantitative estimate of drug-likeness (QED) is 0.556. The predicted molar refractivity (Wildman–Crippen MR) is 110 cm³/mol. The number of aryl methyl sites for hydroxylation is 2. The summed E-state index contributed by atoms with van der Waals surface area (Å²) >= 11 is 0. The summed E-state index contributed by atoms with van der Waals surface area (Å²) in [6.07, 6.45) is 4.71. The van der Waals surface area contributed by atoms with Gasteiger partial charge < -0.3 is 19.6 Å². The molecule has 0 aliphatic heterocycles. The summed E-state index contributed by atoms with van der Waals surface area (Å²) in [6, 6.07) is 4.16. The molecule has 0 aliphatic carbocycles. The van der Waals surface area contributed by atoms with Crippen LogP contribution in [-0.4, -0.2) is 29.6 Å². The number of ether oxygens (including phenoxy) is 1. The third-order valence-corrected chi connectivity index (χ3v) is 4.83. The highest BCUT2D eigenvalue weighted by Crippen LogP contribution is 2.29. The van der Waals surface area contributed by atoms with Crippen LogP contribution >= 0.6 is 0 Å². The van der Waals surface area contributed by atoms with Crippen LogP contribution in [0.4, 0.5) is 0 Å². The minimum Gasteiger partial charge on any atom is -0.483 e. The lowest BCUT2D eigenvalue weighted by Crippen LogP contribution is -2.42. The minimum absolute atomic E-state index is 0.317. The summed E-state index contributed by atoms with van der Waals surface area (Å²) < 4.78 is 11.0. The molecular weight excluding hydrogens is 374 g/mol. The number of aliphatic carboxylic acids is 1. The van der Waals surface area contributed by atoms with Gasteiger partial charge in [-0.2, -0.15) is 0 Å². The fraction of sp³-hybridized carbons (Fsp3) is 0.500. The van der Waals surface area contributed by atoms with Gasteiger partial charge in [0.05, 0.1) is 0 Å². The van der Waals surface area contributed by atoms with E-state index in [-0.39, 0.29) is 6.61 Å². The molecule has 7 nitrogen and oxygen atoms in total. The Balaban J connectivity index is 2.14. The molecule has 1 aromatic heterocycles. The first-order chi connectivity index (χ1) is 13.9. The summed E-state index contributed by atoms with van der Waals surface area (Å²) in [5.74, 6) is -1.15. The highest BCUT2D eigenvalue weighted by atomic mass is 16.5. The van der Waals surface area contributed by atoms with Gasteiger partial charge in [-0.25, -0.2) is 9.59 Å². The number of hydrogen-bond acceptors (Lipinski definition) is 5. The van der Waals surface area contributed by atoms with E-state index in [2.05, 4.69) is 12.2 Å². The zero-order valence-electron chi connectivity index (χ0n) is 17.2. The van der Waals surface area contributed by atoms with E-state index < -0.39 is 23.5 Å². The zero-order chi connectivity index (χ0) is 21.4. The van der Waals surface area contributed by atoms with E-state index in [1.807, 2.05) is 13.0 Å². The second-order valence-corrected chi connectivity index (χ2v) is 7.15. The maximum absolute atomic E-state index is 12.1. The van der Waals surface area contributed by atoms with Crippen molar-refractivity contribution in [3.8, 4) is 5.75 Å². The van der Waals surface area contributed by atoms with Crippen molar-refractivity contribution in [2.75, 3.05) is 6.61 Å². The Morgan fingerprint density at radius 1 is 1.21 bits per heavy atom. The first kappa shape index (κ1) is 22.5. The zero-order valence-corrected chi connectivity index (χ0v) is 17.2. The Bertz CT molecular complexity index is 917. The van der Waals surface area contributed by atoms with E-state index in [0.717, 1.165) is 36.6 Å². The molecule has 1 aromatic carbocycles. The standard InChI is InChI=1S/C22H29NO6/c1-4-6-8-15-12-20(25)29-21-14(3)18(11-10-16(15)21)28-13-19(24)23-17(22(26)27)9-7-5-2/h10-12,17H,4-9,13H2,1-3H3,(H,23,24)(H,26,27)/t17-/m0/s1. The van der Waals surface area contributed by atoms with E-state index in [0.29, 0.717) is 29.7 Å². The molecule has 2 N–H and O–H groups in total. The Hall–Kier alpha value is -2.83. The normalized spacial score (nSPS) is 12.0. The number of unbranched alkanes of at least 4 members (excludes halogenated alkanes) is 2. The smallest absolute Gasteiger partial charge is 0.336 e. The summed E-state index contributed by atoms with van der Waals surface area (Å²) in [7, 11) is 0. The number of carbonyl (C=O) groups excluding carboxylic acids is 1. The molecule has 2 aromatic rings. The lowest BCUT2D eigenvalue weighted by atomic mass is 10.0. The molecule has 0 aliphatic rings. The minimum atomic E-state index is -1.06. The van der Waals surface area contributed by atoms with E-state index >= 15 is 0 Å². The van der Waals surface area contributed by atoms with Crippen LogP contribution in [0.2, 0.25) is 0 Å². The molecule has 7 heteroatoms. The van der Waals surface area contributed by atoms with Gasteiger partial charge in [0, 0.05) is 17.0 Å². The summed E-state index contributed by atoms with van der Waals surface area (Å²) in [6.45, 7) is 5.50.